The number of carboxylic acids is 1. The van der Waals surface area contributed by atoms with E-state index in [0.29, 0.717) is 24.0 Å². The number of nitrogens with one attached hydrogen (secondary N) is 17. The standard InChI is InChI=1S/C73H109N23O14S3/c1-39(97)55(64(106)89-49(24-17-32-85-71(80)81)61(103)94-57(67(109)110)72(3,4)5)92-65(107)56-73(6,113-111-7)96(40(2)98)37-54(99)86-46(21-14-29-82-68(74)75)58(100)87-47(22-15-30-83-69(76)77)59(101)88-48(23-16-31-84-70(78)79)60(102)90-50(35-41-27-28-42-18-8-9-19-43(42)34-41)62(104)91-51(36-44-38-112-53-26-11-10-20-45(44)53)66(108)95-33-13-12-25-52(95)63(105)93-56/h8-11,18-20,26-28,34,38-39,46-52,55-57,97H,12-17,21-25,29-33,35-37H2,1-7H3,(H,86,99)(H,87,100)(H,88,101)(H,89,106)(H,90,102)(H,91,104)(H,92,107)(H,93,105)(H,94,103)(H,109,110)(H4,74,75,82)(H4,76,77,83)(H4,78,79,84)(H4,80,81,85)/t39?,46-,47+,48+,49+,50+,51+,52+,55?,56-,57?,73?/m1/s1. The van der Waals surface area contributed by atoms with Crippen molar-refractivity contribution in [2.45, 2.75) is 196 Å². The summed E-state index contributed by atoms with van der Waals surface area (Å²) in [6.07, 6.45) is -0.813. The Kier molecular flexibility index (Phi) is 35.0. The lowest BCUT2D eigenvalue weighted by atomic mass is 9.86. The van der Waals surface area contributed by atoms with E-state index in [4.69, 9.17) is 44.6 Å². The molecule has 2 fully saturated rings. The molecule has 12 atom stereocenters. The van der Waals surface area contributed by atoms with E-state index in [9.17, 15) is 29.4 Å². The van der Waals surface area contributed by atoms with E-state index >= 15 is 38.4 Å². The highest BCUT2D eigenvalue weighted by molar-refractivity contribution is 8.77. The van der Waals surface area contributed by atoms with Gasteiger partial charge in [0.1, 0.15) is 71.8 Å². The SMILES string of the molecule is CSSC1(C)[C@@H](C(=O)NC(C(=O)N[C@@H](CCCNC(=N)N)C(=O)NC(C(=O)O)C(C)(C)C)C(C)O)NC(=O)[C@@H]2CCCCN2C(=O)[C@H](Cc2csc3ccccc23)NC(=O)[C@H](Cc2ccc3ccccc3c2)NC(=O)[C@H](CCCNC(=N)N)NC(=O)[C@H](CCCNC(=N)N)NC(=O)[C@@H](CCCNC(=N)N)NC(=O)CN1C(C)=O. The number of amides is 11. The Morgan fingerprint density at radius 3 is 1.71 bits per heavy atom. The third-order valence-corrected chi connectivity index (χ3v) is 22.6. The number of aliphatic hydroxyl groups is 1. The third kappa shape index (κ3) is 27.6. The van der Waals surface area contributed by atoms with Gasteiger partial charge in [0.15, 0.2) is 23.8 Å². The van der Waals surface area contributed by atoms with Crippen molar-refractivity contribution < 1.29 is 67.7 Å². The van der Waals surface area contributed by atoms with E-state index in [1.54, 1.807) is 39.2 Å². The third-order valence-electron chi connectivity index (χ3n) is 19.1. The zero-order chi connectivity index (χ0) is 83.4. The summed E-state index contributed by atoms with van der Waals surface area (Å²) in [6, 6.07) is 3.67. The first kappa shape index (κ1) is 91.1. The maximum Gasteiger partial charge on any atom is 0.326 e. The summed E-state index contributed by atoms with van der Waals surface area (Å²) in [5, 5.41) is 91.7. The maximum absolute atomic E-state index is 16.1. The molecule has 2 saturated heterocycles. The van der Waals surface area contributed by atoms with Crippen molar-refractivity contribution >= 4 is 149 Å². The molecule has 0 aliphatic carbocycles. The van der Waals surface area contributed by atoms with Gasteiger partial charge in [0.05, 0.1) is 6.10 Å². The number of fused-ring (bicyclic) bond motifs is 3. The summed E-state index contributed by atoms with van der Waals surface area (Å²) < 4.78 is 0.833. The molecule has 0 saturated carbocycles. The van der Waals surface area contributed by atoms with Crippen LogP contribution in [-0.2, 0) is 70.4 Å². The summed E-state index contributed by atoms with van der Waals surface area (Å²) in [5.74, 6) is -14.1. The second-order valence-corrected chi connectivity index (χ2v) is 32.7. The van der Waals surface area contributed by atoms with E-state index < -0.39 is 178 Å². The van der Waals surface area contributed by atoms with Gasteiger partial charge in [-0.2, -0.15) is 0 Å². The minimum absolute atomic E-state index is 0.00153. The fraction of sp³-hybridized carbons (Fsp3) is 0.534. The molecule has 4 aromatic rings. The number of hydrogen-bond acceptors (Lipinski definition) is 20. The van der Waals surface area contributed by atoms with Crippen LogP contribution in [0.1, 0.15) is 123 Å². The zero-order valence-electron chi connectivity index (χ0n) is 64.4. The Bertz CT molecular complexity index is 4110. The van der Waals surface area contributed by atoms with Crippen LogP contribution in [0.4, 0.5) is 0 Å². The number of rotatable bonds is 30. The Morgan fingerprint density at radius 1 is 0.646 bits per heavy atom. The largest absolute Gasteiger partial charge is 0.480 e. The summed E-state index contributed by atoms with van der Waals surface area (Å²) in [6.45, 7) is 7.03. The highest BCUT2D eigenvalue weighted by Gasteiger charge is 2.51. The fourth-order valence-corrected chi connectivity index (χ4v) is 16.7. The van der Waals surface area contributed by atoms with Crippen LogP contribution in [0.2, 0.25) is 0 Å². The van der Waals surface area contributed by atoms with Gasteiger partial charge >= 0.3 is 5.97 Å². The number of carboxylic acid groups (broad SMARTS) is 1. The van der Waals surface area contributed by atoms with E-state index in [-0.39, 0.29) is 103 Å². The highest BCUT2D eigenvalue weighted by atomic mass is 33.1. The molecule has 37 nitrogen and oxygen atoms in total. The average Bonchev–Trinajstić information content (AvgIpc) is 1.53. The summed E-state index contributed by atoms with van der Waals surface area (Å²) in [7, 11) is 1.73. The topological polar surface area (TPSA) is 608 Å². The lowest BCUT2D eigenvalue weighted by Crippen LogP contribution is -2.70. The molecule has 40 heteroatoms. The van der Waals surface area contributed by atoms with Gasteiger partial charge in [0, 0.05) is 57.2 Å². The monoisotopic (exact) mass is 1630 g/mol. The molecule has 1 aromatic heterocycles. The number of aliphatic carboxylic acids is 1. The molecule has 3 aromatic carbocycles. The molecule has 113 heavy (non-hydrogen) atoms. The number of nitrogens with two attached hydrogens (primary N) is 4. The maximum atomic E-state index is 16.1. The first-order chi connectivity index (χ1) is 53.4. The molecular formula is C73H109N23O14S3. The minimum atomic E-state index is -2.20. The van der Waals surface area contributed by atoms with Gasteiger partial charge in [-0.3, -0.25) is 74.4 Å². The lowest BCUT2D eigenvalue weighted by molar-refractivity contribution is -0.147. The van der Waals surface area contributed by atoms with Crippen LogP contribution in [0.25, 0.3) is 20.9 Å². The van der Waals surface area contributed by atoms with Crippen LogP contribution in [-0.4, -0.2) is 232 Å². The predicted molar refractivity (Wildman–Crippen MR) is 432 cm³/mol. The van der Waals surface area contributed by atoms with Crippen molar-refractivity contribution in [1.29, 1.82) is 21.6 Å². The van der Waals surface area contributed by atoms with Gasteiger partial charge in [0.25, 0.3) is 0 Å². The number of piperidine rings is 1. The molecule has 2 aliphatic rings. The quantitative estimate of drug-likeness (QED) is 0.0125. The van der Waals surface area contributed by atoms with Gasteiger partial charge in [-0.15, -0.1) is 11.3 Å². The van der Waals surface area contributed by atoms with Gasteiger partial charge in [-0.1, -0.05) is 103 Å². The van der Waals surface area contributed by atoms with Crippen LogP contribution in [0.15, 0.2) is 72.1 Å². The molecule has 6 rings (SSSR count). The van der Waals surface area contributed by atoms with Gasteiger partial charge < -0.3 is 112 Å². The van der Waals surface area contributed by atoms with Crippen molar-refractivity contribution in [3.05, 3.63) is 83.2 Å². The molecular weight excluding hydrogens is 1520 g/mol. The predicted octanol–water partition coefficient (Wildman–Crippen LogP) is -1.26. The van der Waals surface area contributed by atoms with Crippen LogP contribution in [0.5, 0.6) is 0 Å². The number of nitrogens with zero attached hydrogens (tertiary/aromatic N) is 2. The smallest absolute Gasteiger partial charge is 0.326 e. The molecule has 27 N–H and O–H groups in total. The second-order valence-electron chi connectivity index (χ2n) is 29.0. The van der Waals surface area contributed by atoms with E-state index in [1.165, 1.54) is 23.2 Å². The van der Waals surface area contributed by atoms with Crippen LogP contribution in [0.3, 0.4) is 0 Å². The van der Waals surface area contributed by atoms with E-state index in [1.807, 2.05) is 60.0 Å². The Balaban J connectivity index is 1.58. The summed E-state index contributed by atoms with van der Waals surface area (Å²) in [5.41, 5.74) is 22.5. The van der Waals surface area contributed by atoms with Crippen molar-refractivity contribution in [2.24, 2.45) is 28.3 Å². The zero-order valence-corrected chi connectivity index (χ0v) is 66.9. The van der Waals surface area contributed by atoms with Crippen molar-refractivity contribution in [3.63, 3.8) is 0 Å². The molecule has 3 heterocycles. The first-order valence-electron chi connectivity index (χ1n) is 37.1. The fourth-order valence-electron chi connectivity index (χ4n) is 13.2. The average molecular weight is 1630 g/mol. The normalized spacial score (nSPS) is 21.6. The first-order valence-corrected chi connectivity index (χ1v) is 40.5. The van der Waals surface area contributed by atoms with Crippen LogP contribution >= 0.6 is 32.9 Å². The Morgan fingerprint density at radius 2 is 1.17 bits per heavy atom. The Hall–Kier alpha value is -10.7. The number of benzene rings is 3. The van der Waals surface area contributed by atoms with Crippen molar-refractivity contribution in [3.8, 4) is 0 Å². The highest BCUT2D eigenvalue weighted by Crippen LogP contribution is 2.41. The van der Waals surface area contributed by atoms with E-state index in [0.717, 1.165) is 61.2 Å². The van der Waals surface area contributed by atoms with Crippen LogP contribution < -0.4 is 92.1 Å². The molecule has 0 radical (unpaired) electrons. The van der Waals surface area contributed by atoms with Gasteiger partial charge in [-0.25, -0.2) is 4.79 Å². The summed E-state index contributed by atoms with van der Waals surface area (Å²) >= 11 is 1.37. The van der Waals surface area contributed by atoms with Gasteiger partial charge in [0.2, 0.25) is 65.0 Å². The summed E-state index contributed by atoms with van der Waals surface area (Å²) in [4.78, 5) is 180. The molecule has 618 valence electrons. The molecule has 2 aliphatic heterocycles. The number of carbonyl (C=O) groups is 12. The number of aliphatic hydroxyl groups excluding tert-OH is 1. The van der Waals surface area contributed by atoms with Crippen molar-refractivity contribution in [1.82, 2.24) is 78.9 Å². The second kappa shape index (κ2) is 43.3. The number of guanidine groups is 4. The number of carbonyl (C=O) groups excluding carboxylic acids is 11. The lowest BCUT2D eigenvalue weighted by Gasteiger charge is -2.45. The minimum Gasteiger partial charge on any atom is -0.480 e. The molecule has 0 bridgehead atoms. The molecule has 11 amide bonds. The number of thiophene rings is 1. The number of hydrogen-bond donors (Lipinski definition) is 23. The van der Waals surface area contributed by atoms with Crippen LogP contribution in [0, 0.1) is 27.1 Å². The molecule has 4 unspecified atom stereocenters. The Labute approximate surface area is 666 Å². The van der Waals surface area contributed by atoms with Crippen molar-refractivity contribution in [2.75, 3.05) is 45.5 Å². The van der Waals surface area contributed by atoms with E-state index in [2.05, 4.69) is 69.1 Å². The molecule has 0 spiro atoms. The van der Waals surface area contributed by atoms with Gasteiger partial charge in [-0.05, 0) is 135 Å².